The van der Waals surface area contributed by atoms with Crippen LogP contribution in [0.2, 0.25) is 0 Å². The summed E-state index contributed by atoms with van der Waals surface area (Å²) in [5.74, 6) is 0.644. The van der Waals surface area contributed by atoms with Crippen LogP contribution in [-0.2, 0) is 14.1 Å². The zero-order valence-electron chi connectivity index (χ0n) is 14.3. The largest absolute Gasteiger partial charge is 0.494 e. The zero-order valence-corrected chi connectivity index (χ0v) is 15.1. The first-order chi connectivity index (χ1) is 11.9. The summed E-state index contributed by atoms with van der Waals surface area (Å²) >= 11 is 5.14. The van der Waals surface area contributed by atoms with Crippen molar-refractivity contribution in [1.29, 1.82) is 0 Å². The first kappa shape index (κ1) is 17.2. The first-order valence-electron chi connectivity index (χ1n) is 7.98. The fraction of sp³-hybridized carbons (Fsp3) is 0.353. The number of aromatic hydroxyl groups is 1. The van der Waals surface area contributed by atoms with Gasteiger partial charge in [-0.15, -0.1) is 0 Å². The molecule has 2 heterocycles. The van der Waals surface area contributed by atoms with E-state index in [1.54, 1.807) is 14.1 Å². The van der Waals surface area contributed by atoms with Gasteiger partial charge in [0.15, 0.2) is 4.77 Å². The van der Waals surface area contributed by atoms with Crippen LogP contribution in [0.4, 0.5) is 0 Å². The van der Waals surface area contributed by atoms with Crippen LogP contribution in [0.1, 0.15) is 30.5 Å². The molecule has 0 unspecified atom stereocenters. The SMILES string of the molecule is CCOc1ccc([C@@H]2CC(c3c(O)n(C)c(=S)n(C)c3=O)=NN2)cc1. The lowest BCUT2D eigenvalue weighted by atomic mass is 10.00. The standard InChI is InChI=1S/C17H20N4O3S/c1-4-24-11-7-5-10(6-8-11)12-9-13(19-18-12)14-15(22)20(2)17(25)21(3)16(14)23/h5-8,12,18,22H,4,9H2,1-3H3/t12-/m0/s1. The van der Waals surface area contributed by atoms with Gasteiger partial charge in [-0.2, -0.15) is 5.10 Å². The van der Waals surface area contributed by atoms with Gasteiger partial charge >= 0.3 is 0 Å². The monoisotopic (exact) mass is 360 g/mol. The molecule has 0 amide bonds. The highest BCUT2D eigenvalue weighted by Gasteiger charge is 2.27. The highest BCUT2D eigenvalue weighted by atomic mass is 32.1. The minimum atomic E-state index is -0.353. The summed E-state index contributed by atoms with van der Waals surface area (Å²) in [7, 11) is 3.20. The summed E-state index contributed by atoms with van der Waals surface area (Å²) in [6.07, 6.45) is 0.494. The second kappa shape index (κ2) is 6.72. The van der Waals surface area contributed by atoms with Crippen molar-refractivity contribution < 1.29 is 9.84 Å². The molecule has 1 aromatic heterocycles. The maximum Gasteiger partial charge on any atom is 0.267 e. The predicted molar refractivity (Wildman–Crippen MR) is 97.8 cm³/mol. The lowest BCUT2D eigenvalue weighted by molar-refractivity contribution is 0.340. The van der Waals surface area contributed by atoms with Crippen molar-refractivity contribution >= 4 is 17.9 Å². The molecular formula is C17H20N4O3S. The Bertz CT molecular complexity index is 944. The topological polar surface area (TPSA) is 80.8 Å². The minimum Gasteiger partial charge on any atom is -0.494 e. The highest BCUT2D eigenvalue weighted by molar-refractivity contribution is 7.71. The van der Waals surface area contributed by atoms with Crippen molar-refractivity contribution in [3.63, 3.8) is 0 Å². The van der Waals surface area contributed by atoms with Crippen molar-refractivity contribution in [2.75, 3.05) is 6.61 Å². The molecule has 8 heteroatoms. The van der Waals surface area contributed by atoms with Crippen molar-refractivity contribution in [2.24, 2.45) is 19.2 Å². The van der Waals surface area contributed by atoms with Crippen LogP contribution in [0.3, 0.4) is 0 Å². The van der Waals surface area contributed by atoms with Crippen molar-refractivity contribution in [3.05, 3.63) is 50.5 Å². The molecule has 25 heavy (non-hydrogen) atoms. The van der Waals surface area contributed by atoms with Gasteiger partial charge in [0, 0.05) is 20.5 Å². The third kappa shape index (κ3) is 3.05. The number of nitrogens with zero attached hydrogens (tertiary/aromatic N) is 3. The van der Waals surface area contributed by atoms with Gasteiger partial charge in [0.25, 0.3) is 5.56 Å². The minimum absolute atomic E-state index is 0.0664. The van der Waals surface area contributed by atoms with Crippen LogP contribution in [0, 0.1) is 4.77 Å². The van der Waals surface area contributed by atoms with E-state index in [-0.39, 0.29) is 27.8 Å². The van der Waals surface area contributed by atoms with E-state index in [9.17, 15) is 9.90 Å². The lowest BCUT2D eigenvalue weighted by Crippen LogP contribution is -2.28. The van der Waals surface area contributed by atoms with E-state index in [2.05, 4.69) is 10.5 Å². The molecule has 7 nitrogen and oxygen atoms in total. The van der Waals surface area contributed by atoms with E-state index in [1.807, 2.05) is 31.2 Å². The average molecular weight is 360 g/mol. The summed E-state index contributed by atoms with van der Waals surface area (Å²) in [5, 5.41) is 14.6. The molecule has 0 spiro atoms. The Morgan fingerprint density at radius 3 is 2.64 bits per heavy atom. The van der Waals surface area contributed by atoms with Gasteiger partial charge in [0.05, 0.1) is 18.4 Å². The van der Waals surface area contributed by atoms with Crippen LogP contribution in [0.15, 0.2) is 34.2 Å². The first-order valence-corrected chi connectivity index (χ1v) is 8.39. The van der Waals surface area contributed by atoms with Crippen LogP contribution < -0.4 is 15.7 Å². The number of ether oxygens (including phenoxy) is 1. The Balaban J connectivity index is 1.89. The Kier molecular flexibility index (Phi) is 4.63. The second-order valence-corrected chi connectivity index (χ2v) is 6.22. The quantitative estimate of drug-likeness (QED) is 0.815. The number of benzene rings is 1. The second-order valence-electron chi connectivity index (χ2n) is 5.85. The van der Waals surface area contributed by atoms with E-state index >= 15 is 0 Å². The molecule has 0 aliphatic carbocycles. The van der Waals surface area contributed by atoms with Gasteiger partial charge in [-0.1, -0.05) is 12.1 Å². The van der Waals surface area contributed by atoms with E-state index in [0.29, 0.717) is 18.7 Å². The third-order valence-electron chi connectivity index (χ3n) is 4.27. The molecule has 2 aromatic rings. The van der Waals surface area contributed by atoms with Gasteiger partial charge < -0.3 is 15.3 Å². The van der Waals surface area contributed by atoms with Gasteiger partial charge in [-0.05, 0) is 36.8 Å². The molecule has 1 aliphatic rings. The Hall–Kier alpha value is -2.61. The van der Waals surface area contributed by atoms with Crippen LogP contribution in [0.25, 0.3) is 0 Å². The number of aromatic nitrogens is 2. The number of hydrogen-bond acceptors (Lipinski definition) is 6. The summed E-state index contributed by atoms with van der Waals surface area (Å²) in [6, 6.07) is 7.67. The Morgan fingerprint density at radius 2 is 2.00 bits per heavy atom. The van der Waals surface area contributed by atoms with E-state index in [4.69, 9.17) is 17.0 Å². The third-order valence-corrected chi connectivity index (χ3v) is 4.82. The molecule has 0 bridgehead atoms. The maximum atomic E-state index is 12.5. The molecule has 0 saturated heterocycles. The molecule has 1 aromatic carbocycles. The molecule has 1 atom stereocenters. The molecule has 132 valence electrons. The molecule has 0 fully saturated rings. The maximum absolute atomic E-state index is 12.5. The number of rotatable bonds is 4. The van der Waals surface area contributed by atoms with Gasteiger partial charge in [0.2, 0.25) is 5.88 Å². The van der Waals surface area contributed by atoms with E-state index in [1.165, 1.54) is 9.13 Å². The fourth-order valence-corrected chi connectivity index (χ4v) is 3.01. The smallest absolute Gasteiger partial charge is 0.267 e. The van der Waals surface area contributed by atoms with Crippen LogP contribution in [0.5, 0.6) is 11.6 Å². The predicted octanol–water partition coefficient (Wildman–Crippen LogP) is 2.00. The van der Waals surface area contributed by atoms with E-state index < -0.39 is 0 Å². The summed E-state index contributed by atoms with van der Waals surface area (Å²) in [5.41, 5.74) is 4.41. The number of hydrazone groups is 1. The Labute approximate surface area is 150 Å². The molecular weight excluding hydrogens is 340 g/mol. The Morgan fingerprint density at radius 1 is 1.32 bits per heavy atom. The highest BCUT2D eigenvalue weighted by Crippen LogP contribution is 2.27. The summed E-state index contributed by atoms with van der Waals surface area (Å²) < 4.78 is 8.43. The van der Waals surface area contributed by atoms with Crippen molar-refractivity contribution in [2.45, 2.75) is 19.4 Å². The van der Waals surface area contributed by atoms with Crippen molar-refractivity contribution in [3.8, 4) is 11.6 Å². The zero-order chi connectivity index (χ0) is 18.1. The normalized spacial score (nSPS) is 16.4. The van der Waals surface area contributed by atoms with E-state index in [0.717, 1.165) is 11.3 Å². The van der Waals surface area contributed by atoms with Crippen LogP contribution in [-0.4, -0.2) is 26.6 Å². The molecule has 0 radical (unpaired) electrons. The molecule has 3 rings (SSSR count). The average Bonchev–Trinajstić information content (AvgIpc) is 3.09. The molecule has 2 N–H and O–H groups in total. The van der Waals surface area contributed by atoms with Crippen molar-refractivity contribution in [1.82, 2.24) is 14.6 Å². The van der Waals surface area contributed by atoms with Gasteiger partial charge in [-0.25, -0.2) is 0 Å². The van der Waals surface area contributed by atoms with Gasteiger partial charge in [-0.3, -0.25) is 13.9 Å². The van der Waals surface area contributed by atoms with Crippen LogP contribution >= 0.6 is 12.2 Å². The number of hydrogen-bond donors (Lipinski definition) is 2. The lowest BCUT2D eigenvalue weighted by Gasteiger charge is -2.13. The van der Waals surface area contributed by atoms with Gasteiger partial charge in [0.1, 0.15) is 11.3 Å². The summed E-state index contributed by atoms with van der Waals surface area (Å²) in [4.78, 5) is 12.5. The summed E-state index contributed by atoms with van der Waals surface area (Å²) in [6.45, 7) is 2.56. The number of nitrogens with one attached hydrogen (secondary N) is 1. The molecule has 1 aliphatic heterocycles. The fourth-order valence-electron chi connectivity index (χ4n) is 2.84. The molecule has 0 saturated carbocycles.